The summed E-state index contributed by atoms with van der Waals surface area (Å²) in [5.74, 6) is -0.518. The summed E-state index contributed by atoms with van der Waals surface area (Å²) in [5, 5.41) is 0. The number of hydrogen-bond donors (Lipinski definition) is 0. The van der Waals surface area contributed by atoms with Crippen LogP contribution in [0.15, 0.2) is 60.7 Å². The minimum atomic E-state index is -1.47. The van der Waals surface area contributed by atoms with Gasteiger partial charge in [0, 0.05) is 11.1 Å². The molecule has 1 atom stereocenters. The van der Waals surface area contributed by atoms with Crippen LogP contribution in [0.25, 0.3) is 0 Å². The van der Waals surface area contributed by atoms with E-state index in [1.165, 1.54) is 13.4 Å². The SMILES string of the molecule is COC(=O)C(c1ccccc1)(c1ccccc1)[S+](C)[O-]. The number of carbonyl (C=O) groups is 1. The number of rotatable bonds is 4. The van der Waals surface area contributed by atoms with Crippen molar-refractivity contribution in [2.24, 2.45) is 0 Å². The third kappa shape index (κ3) is 2.32. The van der Waals surface area contributed by atoms with Crippen LogP contribution in [0.1, 0.15) is 11.1 Å². The molecular weight excluding hydrogens is 272 g/mol. The highest BCUT2D eigenvalue weighted by Gasteiger charge is 2.52. The minimum absolute atomic E-state index is 0.518. The molecule has 20 heavy (non-hydrogen) atoms. The maximum atomic E-state index is 12.5. The van der Waals surface area contributed by atoms with E-state index in [1.807, 2.05) is 36.4 Å². The van der Waals surface area contributed by atoms with Gasteiger partial charge < -0.3 is 9.29 Å². The van der Waals surface area contributed by atoms with E-state index in [0.29, 0.717) is 11.1 Å². The average molecular weight is 288 g/mol. The third-order valence-corrected chi connectivity index (χ3v) is 4.77. The summed E-state index contributed by atoms with van der Waals surface area (Å²) in [5.41, 5.74) is 1.33. The van der Waals surface area contributed by atoms with Crippen molar-refractivity contribution < 1.29 is 14.1 Å². The molecule has 0 aliphatic rings. The lowest BCUT2D eigenvalue weighted by molar-refractivity contribution is -0.142. The zero-order chi connectivity index (χ0) is 14.6. The molecule has 0 saturated carbocycles. The van der Waals surface area contributed by atoms with E-state index in [-0.39, 0.29) is 0 Å². The van der Waals surface area contributed by atoms with Gasteiger partial charge in [-0.25, -0.2) is 4.79 Å². The maximum absolute atomic E-state index is 12.5. The topological polar surface area (TPSA) is 49.4 Å². The fraction of sp³-hybridized carbons (Fsp3) is 0.188. The molecule has 2 rings (SSSR count). The van der Waals surface area contributed by atoms with Crippen LogP contribution in [0, 0.1) is 0 Å². The Hall–Kier alpha value is -1.78. The van der Waals surface area contributed by atoms with Crippen molar-refractivity contribution in [3.8, 4) is 0 Å². The largest absolute Gasteiger partial charge is 0.615 e. The van der Waals surface area contributed by atoms with E-state index in [2.05, 4.69) is 0 Å². The van der Waals surface area contributed by atoms with Gasteiger partial charge in [-0.05, 0) is 11.2 Å². The van der Waals surface area contributed by atoms with Gasteiger partial charge in [0.25, 0.3) is 4.75 Å². The maximum Gasteiger partial charge on any atom is 0.372 e. The minimum Gasteiger partial charge on any atom is -0.615 e. The Morgan fingerprint density at radius 3 is 1.70 bits per heavy atom. The molecular formula is C16H16O3S. The number of methoxy groups -OCH3 is 1. The van der Waals surface area contributed by atoms with Crippen molar-refractivity contribution in [2.75, 3.05) is 13.4 Å². The second-order valence-electron chi connectivity index (χ2n) is 4.36. The van der Waals surface area contributed by atoms with Gasteiger partial charge in [0.15, 0.2) is 0 Å². The van der Waals surface area contributed by atoms with Crippen molar-refractivity contribution in [1.29, 1.82) is 0 Å². The normalized spacial score (nSPS) is 12.8. The summed E-state index contributed by atoms with van der Waals surface area (Å²) in [4.78, 5) is 12.5. The second kappa shape index (κ2) is 6.11. The molecule has 1 unspecified atom stereocenters. The van der Waals surface area contributed by atoms with Crippen LogP contribution < -0.4 is 0 Å². The van der Waals surface area contributed by atoms with Crippen molar-refractivity contribution in [3.05, 3.63) is 71.8 Å². The molecule has 0 N–H and O–H groups in total. The summed E-state index contributed by atoms with van der Waals surface area (Å²) >= 11 is -1.47. The monoisotopic (exact) mass is 288 g/mol. The van der Waals surface area contributed by atoms with E-state index >= 15 is 0 Å². The van der Waals surface area contributed by atoms with Gasteiger partial charge in [-0.2, -0.15) is 0 Å². The van der Waals surface area contributed by atoms with Gasteiger partial charge in [-0.15, -0.1) is 0 Å². The summed E-state index contributed by atoms with van der Waals surface area (Å²) in [7, 11) is 1.32. The molecule has 104 valence electrons. The molecule has 3 nitrogen and oxygen atoms in total. The Morgan fingerprint density at radius 2 is 1.40 bits per heavy atom. The standard InChI is InChI=1S/C16H16O3S/c1-19-15(17)16(20(2)18,13-9-5-3-6-10-13)14-11-7-4-8-12-14/h3-12H,1-2H3. The van der Waals surface area contributed by atoms with Crippen molar-refractivity contribution in [1.82, 2.24) is 0 Å². The predicted molar refractivity (Wildman–Crippen MR) is 79.7 cm³/mol. The summed E-state index contributed by atoms with van der Waals surface area (Å²) in [6, 6.07) is 18.2. The second-order valence-corrected chi connectivity index (χ2v) is 5.88. The molecule has 0 aromatic heterocycles. The molecule has 0 aliphatic carbocycles. The molecule has 0 fully saturated rings. The molecule has 2 aromatic carbocycles. The lowest BCUT2D eigenvalue weighted by Gasteiger charge is -2.31. The Kier molecular flexibility index (Phi) is 4.47. The van der Waals surface area contributed by atoms with Gasteiger partial charge in [-0.1, -0.05) is 60.7 Å². The van der Waals surface area contributed by atoms with Crippen molar-refractivity contribution >= 4 is 17.1 Å². The van der Waals surface area contributed by atoms with Crippen LogP contribution in [0.5, 0.6) is 0 Å². The van der Waals surface area contributed by atoms with E-state index in [1.54, 1.807) is 24.3 Å². The lowest BCUT2D eigenvalue weighted by atomic mass is 9.90. The molecule has 0 bridgehead atoms. The Morgan fingerprint density at radius 1 is 1.00 bits per heavy atom. The molecule has 0 saturated heterocycles. The third-order valence-electron chi connectivity index (χ3n) is 3.26. The Labute approximate surface area is 121 Å². The fourth-order valence-corrected chi connectivity index (χ4v) is 3.60. The van der Waals surface area contributed by atoms with E-state index in [0.717, 1.165) is 0 Å². The number of ether oxygens (including phenoxy) is 1. The first kappa shape index (κ1) is 14.6. The molecule has 0 heterocycles. The van der Waals surface area contributed by atoms with E-state index < -0.39 is 21.9 Å². The zero-order valence-electron chi connectivity index (χ0n) is 11.4. The number of esters is 1. The Bertz CT molecular complexity index is 527. The van der Waals surface area contributed by atoms with Gasteiger partial charge in [-0.3, -0.25) is 0 Å². The molecule has 0 spiro atoms. The van der Waals surface area contributed by atoms with Crippen LogP contribution in [-0.2, 0) is 25.5 Å². The van der Waals surface area contributed by atoms with E-state index in [4.69, 9.17) is 4.74 Å². The molecule has 2 aromatic rings. The molecule has 0 aliphatic heterocycles. The smallest absolute Gasteiger partial charge is 0.372 e. The van der Waals surface area contributed by atoms with Crippen molar-refractivity contribution in [2.45, 2.75) is 4.75 Å². The van der Waals surface area contributed by atoms with Gasteiger partial charge >= 0.3 is 5.97 Å². The number of benzene rings is 2. The van der Waals surface area contributed by atoms with Crippen LogP contribution >= 0.6 is 0 Å². The number of carbonyl (C=O) groups excluding carboxylic acids is 1. The highest BCUT2D eigenvalue weighted by Crippen LogP contribution is 2.38. The zero-order valence-corrected chi connectivity index (χ0v) is 12.2. The summed E-state index contributed by atoms with van der Waals surface area (Å²) in [6.07, 6.45) is 1.52. The van der Waals surface area contributed by atoms with Gasteiger partial charge in [0.2, 0.25) is 0 Å². The van der Waals surface area contributed by atoms with Crippen LogP contribution in [0.2, 0.25) is 0 Å². The number of hydrogen-bond acceptors (Lipinski definition) is 3. The predicted octanol–water partition coefficient (Wildman–Crippen LogP) is 2.48. The average Bonchev–Trinajstić information content (AvgIpc) is 2.49. The first-order valence-electron chi connectivity index (χ1n) is 6.17. The van der Waals surface area contributed by atoms with Gasteiger partial charge in [0.1, 0.15) is 0 Å². The van der Waals surface area contributed by atoms with Crippen LogP contribution in [0.4, 0.5) is 0 Å². The molecule has 4 heteroatoms. The van der Waals surface area contributed by atoms with Gasteiger partial charge in [0.05, 0.1) is 13.4 Å². The van der Waals surface area contributed by atoms with Crippen molar-refractivity contribution in [3.63, 3.8) is 0 Å². The quantitative estimate of drug-likeness (QED) is 0.641. The highest BCUT2D eigenvalue weighted by atomic mass is 32.2. The fourth-order valence-electron chi connectivity index (χ4n) is 2.34. The Balaban J connectivity index is 2.73. The summed E-state index contributed by atoms with van der Waals surface area (Å²) in [6.45, 7) is 0. The first-order valence-corrected chi connectivity index (χ1v) is 7.72. The van der Waals surface area contributed by atoms with Crippen LogP contribution in [-0.4, -0.2) is 23.9 Å². The van der Waals surface area contributed by atoms with E-state index in [9.17, 15) is 9.35 Å². The first-order chi connectivity index (χ1) is 9.64. The van der Waals surface area contributed by atoms with Crippen LogP contribution in [0.3, 0.4) is 0 Å². The summed E-state index contributed by atoms with van der Waals surface area (Å²) < 4.78 is 16.1. The molecule has 0 amide bonds. The highest BCUT2D eigenvalue weighted by molar-refractivity contribution is 7.92. The molecule has 0 radical (unpaired) electrons. The lowest BCUT2D eigenvalue weighted by Crippen LogP contribution is -2.45.